The molecule has 1 heterocycles. The summed E-state index contributed by atoms with van der Waals surface area (Å²) in [6.45, 7) is 2.67. The molecule has 6 nitrogen and oxygen atoms in total. The minimum atomic E-state index is -3.42. The first-order chi connectivity index (χ1) is 9.49. The van der Waals surface area contributed by atoms with E-state index in [1.807, 2.05) is 0 Å². The molecule has 2 N–H and O–H groups in total. The molecule has 1 aromatic carbocycles. The third-order valence-electron chi connectivity index (χ3n) is 3.14. The van der Waals surface area contributed by atoms with Gasteiger partial charge in [0.25, 0.3) is 0 Å². The maximum absolute atomic E-state index is 12.0. The van der Waals surface area contributed by atoms with Crippen LogP contribution in [0.5, 0.6) is 5.75 Å². The normalized spacial score (nSPS) is 14.6. The van der Waals surface area contributed by atoms with Crippen molar-refractivity contribution in [3.63, 3.8) is 0 Å². The molecular weight excluding hydrogens is 280 g/mol. The SMILES string of the molecule is CCC(=O)N1CCOc2ccc(S(=O)(=O)CCN)cc21. The summed E-state index contributed by atoms with van der Waals surface area (Å²) in [4.78, 5) is 13.7. The van der Waals surface area contributed by atoms with Crippen molar-refractivity contribution >= 4 is 21.4 Å². The van der Waals surface area contributed by atoms with Crippen molar-refractivity contribution in [1.29, 1.82) is 0 Å². The summed E-state index contributed by atoms with van der Waals surface area (Å²) in [6, 6.07) is 4.57. The Morgan fingerprint density at radius 1 is 1.45 bits per heavy atom. The number of ether oxygens (including phenoxy) is 1. The molecule has 110 valence electrons. The van der Waals surface area contributed by atoms with Crippen LogP contribution >= 0.6 is 0 Å². The van der Waals surface area contributed by atoms with Crippen molar-refractivity contribution in [2.24, 2.45) is 5.73 Å². The summed E-state index contributed by atoms with van der Waals surface area (Å²) >= 11 is 0. The predicted molar refractivity (Wildman–Crippen MR) is 75.7 cm³/mol. The lowest BCUT2D eigenvalue weighted by Gasteiger charge is -2.29. The van der Waals surface area contributed by atoms with Gasteiger partial charge >= 0.3 is 0 Å². The highest BCUT2D eigenvalue weighted by atomic mass is 32.2. The monoisotopic (exact) mass is 298 g/mol. The second kappa shape index (κ2) is 5.80. The molecule has 0 aromatic heterocycles. The number of fused-ring (bicyclic) bond motifs is 1. The summed E-state index contributed by atoms with van der Waals surface area (Å²) in [7, 11) is -3.42. The molecule has 1 amide bonds. The lowest BCUT2D eigenvalue weighted by atomic mass is 10.2. The third kappa shape index (κ3) is 2.78. The predicted octanol–water partition coefficient (Wildman–Crippen LogP) is 0.554. The summed E-state index contributed by atoms with van der Waals surface area (Å²) in [5.41, 5.74) is 5.83. The lowest BCUT2D eigenvalue weighted by Crippen LogP contribution is -2.37. The number of sulfone groups is 1. The Kier molecular flexibility index (Phi) is 4.29. The van der Waals surface area contributed by atoms with E-state index in [-0.39, 0.29) is 23.1 Å². The number of rotatable bonds is 4. The fourth-order valence-corrected chi connectivity index (χ4v) is 3.23. The average Bonchev–Trinajstić information content (AvgIpc) is 2.45. The van der Waals surface area contributed by atoms with E-state index >= 15 is 0 Å². The van der Waals surface area contributed by atoms with E-state index in [0.29, 0.717) is 31.0 Å². The molecule has 0 aliphatic carbocycles. The van der Waals surface area contributed by atoms with Crippen LogP contribution < -0.4 is 15.4 Å². The van der Waals surface area contributed by atoms with E-state index in [2.05, 4.69) is 0 Å². The molecular formula is C13H18N2O4S. The molecule has 7 heteroatoms. The van der Waals surface area contributed by atoms with Crippen LogP contribution in [-0.4, -0.2) is 39.8 Å². The number of carbonyl (C=O) groups excluding carboxylic acids is 1. The zero-order valence-electron chi connectivity index (χ0n) is 11.3. The van der Waals surface area contributed by atoms with Crippen molar-refractivity contribution in [3.8, 4) is 5.75 Å². The molecule has 0 saturated heterocycles. The standard InChI is InChI=1S/C13H18N2O4S/c1-2-13(16)15-6-7-19-12-4-3-10(9-11(12)15)20(17,18)8-5-14/h3-4,9H,2,5-8,14H2,1H3. The van der Waals surface area contributed by atoms with E-state index in [4.69, 9.17) is 10.5 Å². The quantitative estimate of drug-likeness (QED) is 0.877. The molecule has 1 aliphatic rings. The number of anilines is 1. The first kappa shape index (κ1) is 14.8. The zero-order chi connectivity index (χ0) is 14.8. The van der Waals surface area contributed by atoms with E-state index in [1.54, 1.807) is 17.9 Å². The van der Waals surface area contributed by atoms with Gasteiger partial charge in [0.05, 0.1) is 22.9 Å². The number of nitrogens with zero attached hydrogens (tertiary/aromatic N) is 1. The highest BCUT2D eigenvalue weighted by Gasteiger charge is 2.25. The molecule has 1 aliphatic heterocycles. The second-order valence-corrected chi connectivity index (χ2v) is 6.59. The first-order valence-electron chi connectivity index (χ1n) is 6.49. The van der Waals surface area contributed by atoms with Crippen molar-refractivity contribution < 1.29 is 17.9 Å². The molecule has 0 radical (unpaired) electrons. The Bertz CT molecular complexity index is 613. The van der Waals surface area contributed by atoms with Gasteiger partial charge in [0.2, 0.25) is 5.91 Å². The van der Waals surface area contributed by atoms with Gasteiger partial charge in [-0.2, -0.15) is 0 Å². The summed E-state index contributed by atoms with van der Waals surface area (Å²) < 4.78 is 29.5. The van der Waals surface area contributed by atoms with Crippen molar-refractivity contribution in [1.82, 2.24) is 0 Å². The largest absolute Gasteiger partial charge is 0.490 e. The summed E-state index contributed by atoms with van der Waals surface area (Å²) in [5, 5.41) is 0. The van der Waals surface area contributed by atoms with Crippen LogP contribution in [0.25, 0.3) is 0 Å². The number of benzene rings is 1. The maximum atomic E-state index is 12.0. The van der Waals surface area contributed by atoms with Crippen LogP contribution in [0.3, 0.4) is 0 Å². The van der Waals surface area contributed by atoms with Crippen molar-refractivity contribution in [3.05, 3.63) is 18.2 Å². The molecule has 0 bridgehead atoms. The molecule has 0 atom stereocenters. The fraction of sp³-hybridized carbons (Fsp3) is 0.462. The molecule has 2 rings (SSSR count). The van der Waals surface area contributed by atoms with Gasteiger partial charge in [-0.15, -0.1) is 0 Å². The first-order valence-corrected chi connectivity index (χ1v) is 8.15. The Labute approximate surface area is 118 Å². The Hall–Kier alpha value is -1.60. The molecule has 0 unspecified atom stereocenters. The van der Waals surface area contributed by atoms with E-state index in [9.17, 15) is 13.2 Å². The van der Waals surface area contributed by atoms with Gasteiger partial charge in [0.15, 0.2) is 9.84 Å². The van der Waals surface area contributed by atoms with E-state index in [1.165, 1.54) is 12.1 Å². The molecule has 0 spiro atoms. The van der Waals surface area contributed by atoms with Crippen molar-refractivity contribution in [2.45, 2.75) is 18.2 Å². The number of hydrogen-bond donors (Lipinski definition) is 1. The van der Waals surface area contributed by atoms with Crippen LogP contribution in [0.1, 0.15) is 13.3 Å². The van der Waals surface area contributed by atoms with E-state index < -0.39 is 9.84 Å². The number of hydrogen-bond acceptors (Lipinski definition) is 5. The van der Waals surface area contributed by atoms with Crippen LogP contribution in [-0.2, 0) is 14.6 Å². The highest BCUT2D eigenvalue weighted by molar-refractivity contribution is 7.91. The molecule has 20 heavy (non-hydrogen) atoms. The number of carbonyl (C=O) groups is 1. The third-order valence-corrected chi connectivity index (χ3v) is 4.89. The van der Waals surface area contributed by atoms with Gasteiger partial charge in [-0.05, 0) is 18.2 Å². The Morgan fingerprint density at radius 3 is 2.85 bits per heavy atom. The van der Waals surface area contributed by atoms with Gasteiger partial charge in [0.1, 0.15) is 12.4 Å². The van der Waals surface area contributed by atoms with Gasteiger partial charge in [0, 0.05) is 13.0 Å². The minimum Gasteiger partial charge on any atom is -0.490 e. The Morgan fingerprint density at radius 2 is 2.20 bits per heavy atom. The Balaban J connectivity index is 2.45. The molecule has 0 fully saturated rings. The van der Waals surface area contributed by atoms with Crippen molar-refractivity contribution in [2.75, 3.05) is 30.3 Å². The second-order valence-electron chi connectivity index (χ2n) is 4.48. The van der Waals surface area contributed by atoms with Crippen LogP contribution in [0.2, 0.25) is 0 Å². The fourth-order valence-electron chi connectivity index (χ4n) is 2.11. The van der Waals surface area contributed by atoms with Gasteiger partial charge < -0.3 is 15.4 Å². The van der Waals surface area contributed by atoms with Crippen LogP contribution in [0.15, 0.2) is 23.1 Å². The highest BCUT2D eigenvalue weighted by Crippen LogP contribution is 2.34. The van der Waals surface area contributed by atoms with Gasteiger partial charge in [-0.25, -0.2) is 8.42 Å². The lowest BCUT2D eigenvalue weighted by molar-refractivity contribution is -0.118. The minimum absolute atomic E-state index is 0.0528. The van der Waals surface area contributed by atoms with E-state index in [0.717, 1.165) is 0 Å². The topological polar surface area (TPSA) is 89.7 Å². The van der Waals surface area contributed by atoms with Crippen LogP contribution in [0, 0.1) is 0 Å². The van der Waals surface area contributed by atoms with Gasteiger partial charge in [-0.3, -0.25) is 4.79 Å². The number of amides is 1. The summed E-state index contributed by atoms with van der Waals surface area (Å²) in [6.07, 6.45) is 0.360. The van der Waals surface area contributed by atoms with Gasteiger partial charge in [-0.1, -0.05) is 6.92 Å². The summed E-state index contributed by atoms with van der Waals surface area (Å²) in [5.74, 6) is 0.363. The molecule has 1 aromatic rings. The average molecular weight is 298 g/mol. The molecule has 0 saturated carbocycles. The van der Waals surface area contributed by atoms with Crippen LogP contribution in [0.4, 0.5) is 5.69 Å². The smallest absolute Gasteiger partial charge is 0.226 e. The number of nitrogens with two attached hydrogens (primary N) is 1. The maximum Gasteiger partial charge on any atom is 0.226 e. The zero-order valence-corrected chi connectivity index (χ0v) is 12.1.